The van der Waals surface area contributed by atoms with Crippen LogP contribution in [0.1, 0.15) is 50.1 Å². The number of nitrogens with zero attached hydrogens (tertiary/aromatic N) is 3. The third-order valence-electron chi connectivity index (χ3n) is 5.23. The quantitative estimate of drug-likeness (QED) is 0.872. The Morgan fingerprint density at radius 2 is 1.96 bits per heavy atom. The molecule has 0 unspecified atom stereocenters. The third kappa shape index (κ3) is 3.55. The number of carbonyl (C=O) groups is 1. The summed E-state index contributed by atoms with van der Waals surface area (Å²) in [6.07, 6.45) is 5.21. The van der Waals surface area contributed by atoms with Gasteiger partial charge in [0.25, 0.3) is 0 Å². The molecule has 5 nitrogen and oxygen atoms in total. The van der Waals surface area contributed by atoms with Gasteiger partial charge in [-0.2, -0.15) is 5.10 Å². The molecule has 0 aliphatic heterocycles. The lowest BCUT2D eigenvalue weighted by molar-refractivity contribution is 0.186. The van der Waals surface area contributed by atoms with E-state index in [1.807, 2.05) is 30.1 Å². The first-order chi connectivity index (χ1) is 12.2. The van der Waals surface area contributed by atoms with Crippen LogP contribution in [-0.4, -0.2) is 33.8 Å². The third-order valence-corrected chi connectivity index (χ3v) is 5.23. The van der Waals surface area contributed by atoms with Crippen molar-refractivity contribution >= 4 is 6.03 Å². The molecule has 2 aromatic rings. The monoisotopic (exact) mass is 340 g/mol. The van der Waals surface area contributed by atoms with Crippen molar-refractivity contribution in [2.45, 2.75) is 58.5 Å². The van der Waals surface area contributed by atoms with Crippen LogP contribution in [0.4, 0.5) is 4.79 Å². The van der Waals surface area contributed by atoms with Gasteiger partial charge < -0.3 is 10.2 Å². The Hall–Kier alpha value is -2.30. The number of hydrogen-bond acceptors (Lipinski definition) is 2. The molecule has 0 saturated heterocycles. The van der Waals surface area contributed by atoms with Crippen LogP contribution >= 0.6 is 0 Å². The minimum Gasteiger partial charge on any atom is -0.332 e. The molecule has 25 heavy (non-hydrogen) atoms. The van der Waals surface area contributed by atoms with E-state index >= 15 is 0 Å². The zero-order valence-corrected chi connectivity index (χ0v) is 15.5. The fraction of sp³-hybridized carbons (Fsp3) is 0.500. The minimum atomic E-state index is -0.0188. The fourth-order valence-electron chi connectivity index (χ4n) is 3.72. The summed E-state index contributed by atoms with van der Waals surface area (Å²) >= 11 is 0. The van der Waals surface area contributed by atoms with Gasteiger partial charge >= 0.3 is 6.03 Å². The molecule has 0 atom stereocenters. The van der Waals surface area contributed by atoms with Crippen molar-refractivity contribution in [2.24, 2.45) is 0 Å². The van der Waals surface area contributed by atoms with Crippen molar-refractivity contribution in [1.82, 2.24) is 20.0 Å². The van der Waals surface area contributed by atoms with Crippen molar-refractivity contribution in [1.29, 1.82) is 0 Å². The Morgan fingerprint density at radius 1 is 1.24 bits per heavy atom. The number of aromatic nitrogens is 2. The van der Waals surface area contributed by atoms with E-state index in [0.29, 0.717) is 6.54 Å². The summed E-state index contributed by atoms with van der Waals surface area (Å²) in [6, 6.07) is 10.5. The van der Waals surface area contributed by atoms with Gasteiger partial charge in [-0.05, 0) is 49.8 Å². The molecule has 0 fully saturated rings. The van der Waals surface area contributed by atoms with Crippen LogP contribution in [0.3, 0.4) is 0 Å². The molecule has 1 aliphatic carbocycles. The molecule has 1 aliphatic rings. The fourth-order valence-corrected chi connectivity index (χ4v) is 3.72. The number of benzene rings is 1. The van der Waals surface area contributed by atoms with E-state index in [0.717, 1.165) is 43.5 Å². The molecular formula is C20H28N4O. The van der Waals surface area contributed by atoms with Crippen LogP contribution < -0.4 is 5.32 Å². The molecule has 0 spiro atoms. The number of para-hydroxylation sites is 1. The topological polar surface area (TPSA) is 50.2 Å². The number of hydrogen-bond donors (Lipinski definition) is 1. The van der Waals surface area contributed by atoms with E-state index < -0.39 is 0 Å². The van der Waals surface area contributed by atoms with E-state index in [2.05, 4.69) is 36.0 Å². The minimum absolute atomic E-state index is 0.0188. The maximum atomic E-state index is 12.4. The lowest BCUT2D eigenvalue weighted by Crippen LogP contribution is -2.43. The Morgan fingerprint density at radius 3 is 2.64 bits per heavy atom. The number of fused-ring (bicyclic) bond motifs is 1. The van der Waals surface area contributed by atoms with E-state index in [1.54, 1.807) is 0 Å². The Bertz CT molecular complexity index is 719. The zero-order valence-electron chi connectivity index (χ0n) is 15.5. The Kier molecular flexibility index (Phi) is 5.41. The number of rotatable bonds is 6. The second-order valence-corrected chi connectivity index (χ2v) is 6.71. The first-order valence-electron chi connectivity index (χ1n) is 9.31. The standard InChI is InChI=1S/C20H28N4O/c1-4-15(5-2)23(3)20(25)21-14-18-17-12-9-13-19(17)24(22-18)16-10-7-6-8-11-16/h6-8,10-11,15H,4-5,9,12-14H2,1-3H3,(H,21,25). The summed E-state index contributed by atoms with van der Waals surface area (Å²) in [5.41, 5.74) is 4.70. The molecule has 1 aromatic heterocycles. The molecule has 1 N–H and O–H groups in total. The van der Waals surface area contributed by atoms with E-state index in [1.165, 1.54) is 11.3 Å². The molecule has 134 valence electrons. The van der Waals surface area contributed by atoms with Crippen LogP contribution in [-0.2, 0) is 19.4 Å². The van der Waals surface area contributed by atoms with Gasteiger partial charge in [0.1, 0.15) is 0 Å². The predicted octanol–water partition coefficient (Wildman–Crippen LogP) is 3.69. The molecular weight excluding hydrogens is 312 g/mol. The molecule has 0 radical (unpaired) electrons. The number of urea groups is 1. The van der Waals surface area contributed by atoms with Crippen LogP contribution in [0.25, 0.3) is 5.69 Å². The van der Waals surface area contributed by atoms with Crippen LogP contribution in [0.2, 0.25) is 0 Å². The van der Waals surface area contributed by atoms with Crippen LogP contribution in [0.15, 0.2) is 30.3 Å². The van der Waals surface area contributed by atoms with E-state index in [-0.39, 0.29) is 12.1 Å². The summed E-state index contributed by atoms with van der Waals surface area (Å²) in [4.78, 5) is 14.2. The summed E-state index contributed by atoms with van der Waals surface area (Å²) in [5, 5.41) is 7.86. The van der Waals surface area contributed by atoms with Gasteiger partial charge in [-0.3, -0.25) is 0 Å². The molecule has 1 aromatic carbocycles. The zero-order chi connectivity index (χ0) is 17.8. The number of nitrogens with one attached hydrogen (secondary N) is 1. The summed E-state index contributed by atoms with van der Waals surface area (Å²) in [6.45, 7) is 4.73. The summed E-state index contributed by atoms with van der Waals surface area (Å²) < 4.78 is 2.05. The lowest BCUT2D eigenvalue weighted by Gasteiger charge is -2.26. The van der Waals surface area contributed by atoms with Gasteiger partial charge in [-0.15, -0.1) is 0 Å². The van der Waals surface area contributed by atoms with Crippen molar-refractivity contribution < 1.29 is 4.79 Å². The van der Waals surface area contributed by atoms with Gasteiger partial charge in [-0.25, -0.2) is 9.48 Å². The number of amides is 2. The maximum Gasteiger partial charge on any atom is 0.317 e. The Balaban J connectivity index is 1.75. The van der Waals surface area contributed by atoms with Gasteiger partial charge in [-0.1, -0.05) is 32.0 Å². The molecule has 0 bridgehead atoms. The SMILES string of the molecule is CCC(CC)N(C)C(=O)NCc1nn(-c2ccccc2)c2c1CCC2. The van der Waals surface area contributed by atoms with Crippen molar-refractivity contribution in [2.75, 3.05) is 7.05 Å². The molecule has 3 rings (SSSR count). The van der Waals surface area contributed by atoms with E-state index in [9.17, 15) is 4.79 Å². The normalized spacial score (nSPS) is 13.1. The van der Waals surface area contributed by atoms with Crippen molar-refractivity contribution in [3.8, 4) is 5.69 Å². The highest BCUT2D eigenvalue weighted by atomic mass is 16.2. The molecule has 1 heterocycles. The van der Waals surface area contributed by atoms with Gasteiger partial charge in [0.2, 0.25) is 0 Å². The maximum absolute atomic E-state index is 12.4. The average Bonchev–Trinajstić information content (AvgIpc) is 3.24. The first kappa shape index (κ1) is 17.5. The number of carbonyl (C=O) groups excluding carboxylic acids is 1. The van der Waals surface area contributed by atoms with Gasteiger partial charge in [0.05, 0.1) is 17.9 Å². The second-order valence-electron chi connectivity index (χ2n) is 6.71. The molecule has 0 saturated carbocycles. The highest BCUT2D eigenvalue weighted by Gasteiger charge is 2.24. The van der Waals surface area contributed by atoms with Crippen LogP contribution in [0, 0.1) is 0 Å². The lowest BCUT2D eigenvalue weighted by atomic mass is 10.1. The highest BCUT2D eigenvalue weighted by molar-refractivity contribution is 5.74. The largest absolute Gasteiger partial charge is 0.332 e. The first-order valence-corrected chi connectivity index (χ1v) is 9.31. The van der Waals surface area contributed by atoms with Crippen molar-refractivity contribution in [3.05, 3.63) is 47.3 Å². The summed E-state index contributed by atoms with van der Waals surface area (Å²) in [7, 11) is 1.87. The Labute approximate surface area is 150 Å². The van der Waals surface area contributed by atoms with Crippen LogP contribution in [0.5, 0.6) is 0 Å². The van der Waals surface area contributed by atoms with E-state index in [4.69, 9.17) is 5.10 Å². The van der Waals surface area contributed by atoms with Gasteiger partial charge in [0, 0.05) is 18.8 Å². The molecule has 5 heteroatoms. The predicted molar refractivity (Wildman–Crippen MR) is 100.0 cm³/mol. The molecule has 2 amide bonds. The van der Waals surface area contributed by atoms with Crippen molar-refractivity contribution in [3.63, 3.8) is 0 Å². The average molecular weight is 340 g/mol. The second kappa shape index (κ2) is 7.72. The van der Waals surface area contributed by atoms with Gasteiger partial charge in [0.15, 0.2) is 0 Å². The summed E-state index contributed by atoms with van der Waals surface area (Å²) in [5.74, 6) is 0. The highest BCUT2D eigenvalue weighted by Crippen LogP contribution is 2.27. The smallest absolute Gasteiger partial charge is 0.317 e.